The molecule has 0 spiro atoms. The van der Waals surface area contributed by atoms with E-state index in [1.807, 2.05) is 0 Å². The number of aliphatic hydroxyl groups is 4. The molecule has 3 atom stereocenters. The second-order valence-corrected chi connectivity index (χ2v) is 10.8. The Morgan fingerprint density at radius 1 is 0.800 bits per heavy atom. The third-order valence-electron chi connectivity index (χ3n) is 7.93. The van der Waals surface area contributed by atoms with Crippen LogP contribution in [0.3, 0.4) is 0 Å². The van der Waals surface area contributed by atoms with Crippen molar-refractivity contribution in [1.82, 2.24) is 0 Å². The molecule has 2 aliphatic carbocycles. The molecule has 3 unspecified atom stereocenters. The molecule has 202 valence electrons. The van der Waals surface area contributed by atoms with Crippen LogP contribution in [0.25, 0.3) is 0 Å². The fourth-order valence-corrected chi connectivity index (χ4v) is 6.45. The van der Waals surface area contributed by atoms with Crippen LogP contribution in [0.2, 0.25) is 0 Å². The largest absolute Gasteiger partial charge is 0.466 e. The normalized spacial score (nSPS) is 23.6. The van der Waals surface area contributed by atoms with Gasteiger partial charge in [0, 0.05) is 13.8 Å². The van der Waals surface area contributed by atoms with E-state index in [-0.39, 0.29) is 49.8 Å². The molecule has 0 heterocycles. The van der Waals surface area contributed by atoms with Gasteiger partial charge in [0.2, 0.25) is 0 Å². The van der Waals surface area contributed by atoms with Gasteiger partial charge in [-0.15, -0.1) is 0 Å². The Morgan fingerprint density at radius 2 is 1.29 bits per heavy atom. The molecule has 0 aliphatic heterocycles. The molecule has 0 aromatic rings. The summed E-state index contributed by atoms with van der Waals surface area (Å²) < 4.78 is 15.7. The van der Waals surface area contributed by atoms with E-state index in [0.717, 1.165) is 12.8 Å². The van der Waals surface area contributed by atoms with Crippen LogP contribution in [0.1, 0.15) is 59.3 Å². The number of fused-ring (bicyclic) bond motifs is 1. The van der Waals surface area contributed by atoms with E-state index < -0.39 is 54.6 Å². The lowest BCUT2D eigenvalue weighted by atomic mass is 9.62. The fraction of sp³-hybridized carbons (Fsp3) is 0.880. The summed E-state index contributed by atoms with van der Waals surface area (Å²) >= 11 is 0. The number of rotatable bonds is 14. The molecule has 10 heteroatoms. The lowest BCUT2D eigenvalue weighted by Crippen LogP contribution is -2.46. The Bertz CT molecular complexity index is 692. The van der Waals surface area contributed by atoms with Gasteiger partial charge >= 0.3 is 17.9 Å². The topological polar surface area (TPSA) is 160 Å². The van der Waals surface area contributed by atoms with Gasteiger partial charge in [0.05, 0.1) is 49.8 Å². The minimum absolute atomic E-state index is 0.0154. The first-order chi connectivity index (χ1) is 16.5. The second-order valence-electron chi connectivity index (χ2n) is 10.8. The quantitative estimate of drug-likeness (QED) is 0.198. The monoisotopic (exact) mass is 502 g/mol. The van der Waals surface area contributed by atoms with E-state index >= 15 is 0 Å². The Balaban J connectivity index is 2.43. The summed E-state index contributed by atoms with van der Waals surface area (Å²) in [5, 5.41) is 41.1. The van der Waals surface area contributed by atoms with Crippen molar-refractivity contribution in [2.45, 2.75) is 59.3 Å². The lowest BCUT2D eigenvalue weighted by Gasteiger charge is -2.45. The van der Waals surface area contributed by atoms with Crippen LogP contribution in [-0.4, -0.2) is 84.6 Å². The van der Waals surface area contributed by atoms with Crippen LogP contribution in [0, 0.1) is 34.0 Å². The van der Waals surface area contributed by atoms with E-state index in [1.54, 1.807) is 6.92 Å². The Kier molecular flexibility index (Phi) is 10.5. The van der Waals surface area contributed by atoms with E-state index in [4.69, 9.17) is 14.2 Å². The van der Waals surface area contributed by atoms with Crippen LogP contribution in [0.4, 0.5) is 0 Å². The standard InChI is InChI=1S/C25H42O10/c1-4-33-22(32)20-6-5-19-7-23(8-21(19)20,9-24(11-26,12-27)15-34-17(2)30)10-25(13-28,14-29)16-35-18(3)31/h19-21,26-29H,4-16H2,1-3H3. The van der Waals surface area contributed by atoms with Gasteiger partial charge in [-0.05, 0) is 62.7 Å². The van der Waals surface area contributed by atoms with Crippen LogP contribution >= 0.6 is 0 Å². The van der Waals surface area contributed by atoms with Crippen molar-refractivity contribution in [3.8, 4) is 0 Å². The van der Waals surface area contributed by atoms with Gasteiger partial charge in [0.1, 0.15) is 13.2 Å². The predicted molar refractivity (Wildman–Crippen MR) is 124 cm³/mol. The first kappa shape index (κ1) is 29.5. The average Bonchev–Trinajstić information content (AvgIpc) is 3.37. The molecule has 0 saturated heterocycles. The maximum absolute atomic E-state index is 12.7. The number of esters is 3. The van der Waals surface area contributed by atoms with Gasteiger partial charge < -0.3 is 34.6 Å². The first-order valence-corrected chi connectivity index (χ1v) is 12.4. The van der Waals surface area contributed by atoms with Gasteiger partial charge in [-0.1, -0.05) is 0 Å². The molecule has 4 N–H and O–H groups in total. The van der Waals surface area contributed by atoms with Crippen LogP contribution in [0.5, 0.6) is 0 Å². The summed E-state index contributed by atoms with van der Waals surface area (Å²) in [4.78, 5) is 35.6. The van der Waals surface area contributed by atoms with Crippen LogP contribution in [0.15, 0.2) is 0 Å². The van der Waals surface area contributed by atoms with Crippen molar-refractivity contribution >= 4 is 17.9 Å². The number of carbonyl (C=O) groups is 3. The highest BCUT2D eigenvalue weighted by Crippen LogP contribution is 2.62. The summed E-state index contributed by atoms with van der Waals surface area (Å²) in [5.74, 6) is -1.36. The third kappa shape index (κ3) is 7.15. The van der Waals surface area contributed by atoms with Crippen molar-refractivity contribution in [1.29, 1.82) is 0 Å². The highest BCUT2D eigenvalue weighted by Gasteiger charge is 2.57. The van der Waals surface area contributed by atoms with Crippen molar-refractivity contribution in [3.05, 3.63) is 0 Å². The highest BCUT2D eigenvalue weighted by atomic mass is 16.5. The zero-order chi connectivity index (χ0) is 26.3. The van der Waals surface area contributed by atoms with Crippen LogP contribution in [-0.2, 0) is 28.6 Å². The molecule has 2 saturated carbocycles. The third-order valence-corrected chi connectivity index (χ3v) is 7.93. The Hall–Kier alpha value is -1.75. The molecule has 10 nitrogen and oxygen atoms in total. The summed E-state index contributed by atoms with van der Waals surface area (Å²) in [6.45, 7) is 2.41. The van der Waals surface area contributed by atoms with E-state index in [2.05, 4.69) is 0 Å². The number of aliphatic hydroxyl groups excluding tert-OH is 4. The maximum Gasteiger partial charge on any atom is 0.309 e. The zero-order valence-electron chi connectivity index (χ0n) is 21.2. The van der Waals surface area contributed by atoms with Crippen molar-refractivity contribution < 1.29 is 49.0 Å². The van der Waals surface area contributed by atoms with Gasteiger partial charge in [0.15, 0.2) is 0 Å². The highest BCUT2D eigenvalue weighted by molar-refractivity contribution is 5.73. The fourth-order valence-electron chi connectivity index (χ4n) is 6.45. The molecule has 0 aromatic heterocycles. The first-order valence-electron chi connectivity index (χ1n) is 12.4. The number of carbonyl (C=O) groups excluding carboxylic acids is 3. The molecule has 35 heavy (non-hydrogen) atoms. The predicted octanol–water partition coefficient (Wildman–Crippen LogP) is 0.821. The van der Waals surface area contributed by atoms with Gasteiger partial charge in [-0.2, -0.15) is 0 Å². The SMILES string of the molecule is CCOC(=O)C1CCC2CC(CC(CO)(CO)COC(C)=O)(CC(CO)(CO)COC(C)=O)CC21. The molecule has 0 aromatic carbocycles. The Morgan fingerprint density at radius 3 is 1.69 bits per heavy atom. The summed E-state index contributed by atoms with van der Waals surface area (Å²) in [6, 6.07) is 0. The molecule has 0 amide bonds. The number of hydrogen-bond acceptors (Lipinski definition) is 10. The second kappa shape index (κ2) is 12.5. The molecule has 0 bridgehead atoms. The summed E-state index contributed by atoms with van der Waals surface area (Å²) in [5.41, 5.74) is -2.93. The molecular weight excluding hydrogens is 460 g/mol. The van der Waals surface area contributed by atoms with E-state index in [9.17, 15) is 34.8 Å². The number of ether oxygens (including phenoxy) is 3. The van der Waals surface area contributed by atoms with Gasteiger partial charge in [0.25, 0.3) is 0 Å². The van der Waals surface area contributed by atoms with Crippen molar-refractivity contribution in [2.24, 2.45) is 34.0 Å². The molecule has 2 aliphatic rings. The average molecular weight is 503 g/mol. The van der Waals surface area contributed by atoms with Gasteiger partial charge in [-0.3, -0.25) is 14.4 Å². The minimum atomic E-state index is -1.15. The lowest BCUT2D eigenvalue weighted by molar-refractivity contribution is -0.153. The van der Waals surface area contributed by atoms with Gasteiger partial charge in [-0.25, -0.2) is 0 Å². The molecule has 2 rings (SSSR count). The summed E-state index contributed by atoms with van der Waals surface area (Å²) in [6.07, 6.45) is 3.21. The van der Waals surface area contributed by atoms with Crippen molar-refractivity contribution in [2.75, 3.05) is 46.2 Å². The number of hydrogen-bond donors (Lipinski definition) is 4. The van der Waals surface area contributed by atoms with E-state index in [0.29, 0.717) is 19.4 Å². The maximum atomic E-state index is 12.7. The molecule has 2 fully saturated rings. The van der Waals surface area contributed by atoms with E-state index in [1.165, 1.54) is 13.8 Å². The molecule has 0 radical (unpaired) electrons. The summed E-state index contributed by atoms with van der Waals surface area (Å²) in [7, 11) is 0. The van der Waals surface area contributed by atoms with Crippen LogP contribution < -0.4 is 0 Å². The minimum Gasteiger partial charge on any atom is -0.466 e. The zero-order valence-corrected chi connectivity index (χ0v) is 21.2. The molecular formula is C25H42O10. The smallest absolute Gasteiger partial charge is 0.309 e. The Labute approximate surface area is 206 Å². The van der Waals surface area contributed by atoms with Crippen molar-refractivity contribution in [3.63, 3.8) is 0 Å².